The van der Waals surface area contributed by atoms with E-state index in [9.17, 15) is 0 Å². The smallest absolute Gasteiger partial charge is 0.158 e. The standard InChI is InChI=1S/C15H23ClN4O/c1-10(16)14-17-13-11(2)18-19(3)15(13)20(14)7-4-8-21-9-12-5-6-12/h10,12H,4-9H2,1-3H3. The number of hydrogen-bond acceptors (Lipinski definition) is 3. The van der Waals surface area contributed by atoms with Gasteiger partial charge >= 0.3 is 0 Å². The van der Waals surface area contributed by atoms with E-state index in [0.29, 0.717) is 0 Å². The minimum absolute atomic E-state index is 0.107. The molecular formula is C15H23ClN4O. The van der Waals surface area contributed by atoms with Crippen molar-refractivity contribution < 1.29 is 4.74 Å². The molecule has 1 unspecified atom stereocenters. The molecule has 0 radical (unpaired) electrons. The Balaban J connectivity index is 1.73. The Hall–Kier alpha value is -1.07. The molecule has 0 aromatic carbocycles. The minimum Gasteiger partial charge on any atom is -0.381 e. The second-order valence-electron chi connectivity index (χ2n) is 5.99. The van der Waals surface area contributed by atoms with E-state index in [1.54, 1.807) is 0 Å². The lowest BCUT2D eigenvalue weighted by molar-refractivity contribution is 0.119. The van der Waals surface area contributed by atoms with Gasteiger partial charge in [0.1, 0.15) is 11.3 Å². The number of nitrogens with zero attached hydrogens (tertiary/aromatic N) is 4. The molecule has 0 aliphatic heterocycles. The average molecular weight is 311 g/mol. The van der Waals surface area contributed by atoms with Gasteiger partial charge in [-0.1, -0.05) is 0 Å². The Morgan fingerprint density at radius 2 is 2.19 bits per heavy atom. The van der Waals surface area contributed by atoms with Gasteiger partial charge in [-0.05, 0) is 39.0 Å². The van der Waals surface area contributed by atoms with E-state index in [4.69, 9.17) is 16.3 Å². The number of aromatic nitrogens is 4. The highest BCUT2D eigenvalue weighted by atomic mass is 35.5. The predicted molar refractivity (Wildman–Crippen MR) is 83.7 cm³/mol. The second-order valence-corrected chi connectivity index (χ2v) is 6.65. The molecule has 2 aromatic heterocycles. The van der Waals surface area contributed by atoms with Crippen LogP contribution in [0.3, 0.4) is 0 Å². The molecule has 3 rings (SSSR count). The molecule has 0 N–H and O–H groups in total. The van der Waals surface area contributed by atoms with Gasteiger partial charge in [0.25, 0.3) is 0 Å². The highest BCUT2D eigenvalue weighted by Crippen LogP contribution is 2.29. The summed E-state index contributed by atoms with van der Waals surface area (Å²) in [5.41, 5.74) is 2.96. The van der Waals surface area contributed by atoms with Crippen molar-refractivity contribution in [3.63, 3.8) is 0 Å². The third-order valence-electron chi connectivity index (χ3n) is 4.00. The molecular weight excluding hydrogens is 288 g/mol. The van der Waals surface area contributed by atoms with Gasteiger partial charge in [-0.15, -0.1) is 11.6 Å². The number of aryl methyl sites for hydroxylation is 3. The molecule has 0 amide bonds. The fraction of sp³-hybridized carbons (Fsp3) is 0.733. The zero-order valence-electron chi connectivity index (χ0n) is 13.0. The Labute approximate surface area is 130 Å². The van der Waals surface area contributed by atoms with E-state index in [1.165, 1.54) is 12.8 Å². The molecule has 116 valence electrons. The van der Waals surface area contributed by atoms with E-state index < -0.39 is 0 Å². The molecule has 0 bridgehead atoms. The van der Waals surface area contributed by atoms with E-state index in [-0.39, 0.29) is 5.38 Å². The number of ether oxygens (including phenoxy) is 1. The third kappa shape index (κ3) is 3.09. The van der Waals surface area contributed by atoms with Gasteiger partial charge in [-0.25, -0.2) is 4.98 Å². The van der Waals surface area contributed by atoms with Crippen molar-refractivity contribution in [2.45, 2.75) is 45.0 Å². The third-order valence-corrected chi connectivity index (χ3v) is 4.19. The SMILES string of the molecule is Cc1nn(C)c2c1nc(C(C)Cl)n2CCCOCC1CC1. The fourth-order valence-corrected chi connectivity index (χ4v) is 2.90. The van der Waals surface area contributed by atoms with E-state index in [1.807, 2.05) is 25.6 Å². The molecule has 6 heteroatoms. The zero-order valence-corrected chi connectivity index (χ0v) is 13.7. The summed E-state index contributed by atoms with van der Waals surface area (Å²) in [5, 5.41) is 4.34. The maximum absolute atomic E-state index is 6.29. The largest absolute Gasteiger partial charge is 0.381 e. The molecule has 0 spiro atoms. The zero-order chi connectivity index (χ0) is 15.0. The number of hydrogen-bond donors (Lipinski definition) is 0. The highest BCUT2D eigenvalue weighted by molar-refractivity contribution is 6.20. The summed E-state index contributed by atoms with van der Waals surface area (Å²) < 4.78 is 9.80. The number of alkyl halides is 1. The quantitative estimate of drug-likeness (QED) is 0.583. The molecule has 0 saturated heterocycles. The lowest BCUT2D eigenvalue weighted by Crippen LogP contribution is -2.10. The van der Waals surface area contributed by atoms with Crippen LogP contribution in [0, 0.1) is 12.8 Å². The van der Waals surface area contributed by atoms with Crippen LogP contribution in [0.5, 0.6) is 0 Å². The van der Waals surface area contributed by atoms with Crippen LogP contribution in [0.1, 0.15) is 43.1 Å². The molecule has 1 fully saturated rings. The van der Waals surface area contributed by atoms with Gasteiger partial charge < -0.3 is 9.30 Å². The fourth-order valence-electron chi connectivity index (χ4n) is 2.74. The summed E-state index contributed by atoms with van der Waals surface area (Å²) in [6.45, 7) is 6.53. The molecule has 5 nitrogen and oxygen atoms in total. The first kappa shape index (κ1) is 14.9. The van der Waals surface area contributed by atoms with Crippen LogP contribution in [0.25, 0.3) is 11.2 Å². The van der Waals surface area contributed by atoms with Gasteiger partial charge in [0.05, 0.1) is 11.1 Å². The summed E-state index contributed by atoms with van der Waals surface area (Å²) >= 11 is 6.29. The predicted octanol–water partition coefficient (Wildman–Crippen LogP) is 3.19. The molecule has 2 aromatic rings. The van der Waals surface area contributed by atoms with E-state index in [2.05, 4.69) is 14.6 Å². The maximum atomic E-state index is 6.29. The Kier molecular flexibility index (Phi) is 4.22. The summed E-state index contributed by atoms with van der Waals surface area (Å²) in [6, 6.07) is 0. The summed E-state index contributed by atoms with van der Waals surface area (Å²) in [6.07, 6.45) is 3.65. The second kappa shape index (κ2) is 5.97. The topological polar surface area (TPSA) is 44.9 Å². The van der Waals surface area contributed by atoms with Gasteiger partial charge in [0.15, 0.2) is 5.65 Å². The van der Waals surface area contributed by atoms with Crippen LogP contribution < -0.4 is 0 Å². The summed E-state index contributed by atoms with van der Waals surface area (Å²) in [5.74, 6) is 1.74. The summed E-state index contributed by atoms with van der Waals surface area (Å²) in [7, 11) is 1.96. The van der Waals surface area contributed by atoms with Crippen molar-refractivity contribution in [3.8, 4) is 0 Å². The summed E-state index contributed by atoms with van der Waals surface area (Å²) in [4.78, 5) is 4.68. The van der Waals surface area contributed by atoms with Crippen LogP contribution in [0.4, 0.5) is 0 Å². The van der Waals surface area contributed by atoms with Crippen molar-refractivity contribution >= 4 is 22.8 Å². The highest BCUT2D eigenvalue weighted by Gasteiger charge is 2.22. The van der Waals surface area contributed by atoms with Crippen molar-refractivity contribution in [1.82, 2.24) is 19.3 Å². The number of halogens is 1. The first-order valence-corrected chi connectivity index (χ1v) is 8.13. The van der Waals surface area contributed by atoms with Crippen LogP contribution in [0.15, 0.2) is 0 Å². The van der Waals surface area contributed by atoms with Crippen LogP contribution in [-0.4, -0.2) is 32.5 Å². The van der Waals surface area contributed by atoms with E-state index in [0.717, 1.165) is 54.8 Å². The number of fused-ring (bicyclic) bond motifs is 1. The molecule has 1 aliphatic carbocycles. The number of imidazole rings is 1. The molecule has 21 heavy (non-hydrogen) atoms. The normalized spacial score (nSPS) is 16.8. The average Bonchev–Trinajstić information content (AvgIpc) is 3.09. The minimum atomic E-state index is -0.107. The first-order valence-electron chi connectivity index (χ1n) is 7.69. The Morgan fingerprint density at radius 1 is 1.43 bits per heavy atom. The van der Waals surface area contributed by atoms with Crippen LogP contribution >= 0.6 is 11.6 Å². The van der Waals surface area contributed by atoms with Crippen molar-refractivity contribution in [3.05, 3.63) is 11.5 Å². The lowest BCUT2D eigenvalue weighted by atomic mass is 10.4. The van der Waals surface area contributed by atoms with Gasteiger partial charge in [0.2, 0.25) is 0 Å². The van der Waals surface area contributed by atoms with Crippen molar-refractivity contribution in [2.24, 2.45) is 13.0 Å². The molecule has 1 aliphatic rings. The van der Waals surface area contributed by atoms with Crippen LogP contribution in [-0.2, 0) is 18.3 Å². The van der Waals surface area contributed by atoms with Crippen molar-refractivity contribution in [2.75, 3.05) is 13.2 Å². The Morgan fingerprint density at radius 3 is 2.86 bits per heavy atom. The van der Waals surface area contributed by atoms with Gasteiger partial charge in [-0.3, -0.25) is 4.68 Å². The van der Waals surface area contributed by atoms with Crippen molar-refractivity contribution in [1.29, 1.82) is 0 Å². The molecule has 1 saturated carbocycles. The first-order chi connectivity index (χ1) is 10.1. The lowest BCUT2D eigenvalue weighted by Gasteiger charge is -2.11. The van der Waals surface area contributed by atoms with Gasteiger partial charge in [0, 0.05) is 26.8 Å². The molecule has 2 heterocycles. The van der Waals surface area contributed by atoms with Crippen LogP contribution in [0.2, 0.25) is 0 Å². The monoisotopic (exact) mass is 310 g/mol. The number of rotatable bonds is 7. The van der Waals surface area contributed by atoms with E-state index >= 15 is 0 Å². The molecule has 1 atom stereocenters. The maximum Gasteiger partial charge on any atom is 0.158 e. The van der Waals surface area contributed by atoms with Gasteiger partial charge in [-0.2, -0.15) is 5.10 Å². The Bertz CT molecular complexity index is 627.